The Morgan fingerprint density at radius 2 is 2.11 bits per heavy atom. The van der Waals surface area contributed by atoms with Crippen molar-refractivity contribution >= 4 is 24.8 Å². The van der Waals surface area contributed by atoms with Crippen molar-refractivity contribution in [3.05, 3.63) is 36.8 Å². The Balaban J connectivity index is 0.00000144. The third-order valence-electron chi connectivity index (χ3n) is 3.16. The molecule has 2 heterocycles. The third kappa shape index (κ3) is 4.65. The molecule has 0 amide bonds. The Hall–Kier alpha value is -0.480. The van der Waals surface area contributed by atoms with Crippen LogP contribution in [0.5, 0.6) is 0 Å². The normalized spacial score (nSPS) is 17.3. The summed E-state index contributed by atoms with van der Waals surface area (Å²) < 4.78 is 5.20. The Bertz CT molecular complexity index is 311. The molecule has 0 bridgehead atoms. The lowest BCUT2D eigenvalue weighted by Gasteiger charge is -2.34. The molecule has 18 heavy (non-hydrogen) atoms. The molecule has 1 aromatic heterocycles. The average molecular weight is 293 g/mol. The van der Waals surface area contributed by atoms with E-state index in [9.17, 15) is 0 Å². The largest absolute Gasteiger partial charge is 0.472 e. The molecule has 5 heteroatoms. The minimum Gasteiger partial charge on any atom is -0.472 e. The molecule has 1 atom stereocenters. The summed E-state index contributed by atoms with van der Waals surface area (Å²) in [6, 6.07) is 2.56. The van der Waals surface area contributed by atoms with E-state index in [2.05, 4.69) is 22.9 Å². The van der Waals surface area contributed by atoms with E-state index in [1.165, 1.54) is 5.56 Å². The Labute approximate surface area is 121 Å². The van der Waals surface area contributed by atoms with Crippen molar-refractivity contribution in [1.29, 1.82) is 0 Å². The summed E-state index contributed by atoms with van der Waals surface area (Å²) in [6.45, 7) is 8.21. The topological polar surface area (TPSA) is 28.4 Å². The van der Waals surface area contributed by atoms with Gasteiger partial charge in [0.15, 0.2) is 0 Å². The summed E-state index contributed by atoms with van der Waals surface area (Å²) in [5.41, 5.74) is 1.30. The number of allylic oxidation sites excluding steroid dienone is 1. The number of furan rings is 1. The second kappa shape index (κ2) is 9.45. The van der Waals surface area contributed by atoms with E-state index >= 15 is 0 Å². The van der Waals surface area contributed by atoms with Crippen LogP contribution in [-0.2, 0) is 0 Å². The molecule has 1 aliphatic rings. The molecule has 3 nitrogen and oxygen atoms in total. The van der Waals surface area contributed by atoms with Crippen LogP contribution < -0.4 is 5.32 Å². The summed E-state index contributed by atoms with van der Waals surface area (Å²) in [4.78, 5) is 2.53. The second-order valence-corrected chi connectivity index (χ2v) is 4.22. The first-order valence-corrected chi connectivity index (χ1v) is 5.99. The summed E-state index contributed by atoms with van der Waals surface area (Å²) in [5.74, 6) is 0. The Morgan fingerprint density at radius 3 is 2.67 bits per heavy atom. The second-order valence-electron chi connectivity index (χ2n) is 4.22. The van der Waals surface area contributed by atoms with Crippen LogP contribution in [0.1, 0.15) is 24.4 Å². The lowest BCUT2D eigenvalue weighted by Crippen LogP contribution is -2.45. The van der Waals surface area contributed by atoms with Gasteiger partial charge in [-0.15, -0.1) is 31.4 Å². The van der Waals surface area contributed by atoms with Crippen LogP contribution in [0.3, 0.4) is 0 Å². The molecule has 1 N–H and O–H groups in total. The van der Waals surface area contributed by atoms with Gasteiger partial charge in [0.1, 0.15) is 0 Å². The summed E-state index contributed by atoms with van der Waals surface area (Å²) >= 11 is 0. The van der Waals surface area contributed by atoms with Gasteiger partial charge in [0.2, 0.25) is 0 Å². The van der Waals surface area contributed by atoms with Gasteiger partial charge in [-0.3, -0.25) is 4.90 Å². The third-order valence-corrected chi connectivity index (χ3v) is 3.16. The predicted molar refractivity (Wildman–Crippen MR) is 79.8 cm³/mol. The van der Waals surface area contributed by atoms with Gasteiger partial charge in [-0.2, -0.15) is 0 Å². The molecule has 104 valence electrons. The molecule has 0 saturated carbocycles. The maximum atomic E-state index is 5.20. The molecular weight excluding hydrogens is 271 g/mol. The maximum absolute atomic E-state index is 5.20. The molecule has 0 unspecified atom stereocenters. The quantitative estimate of drug-likeness (QED) is 0.846. The van der Waals surface area contributed by atoms with Crippen LogP contribution in [0.2, 0.25) is 0 Å². The van der Waals surface area contributed by atoms with E-state index in [4.69, 9.17) is 4.42 Å². The maximum Gasteiger partial charge on any atom is 0.0950 e. The van der Waals surface area contributed by atoms with E-state index in [0.29, 0.717) is 6.04 Å². The van der Waals surface area contributed by atoms with Gasteiger partial charge in [0.25, 0.3) is 0 Å². The summed E-state index contributed by atoms with van der Waals surface area (Å²) in [5, 5.41) is 3.39. The lowest BCUT2D eigenvalue weighted by molar-refractivity contribution is 0.165. The van der Waals surface area contributed by atoms with Crippen LogP contribution >= 0.6 is 24.8 Å². The molecule has 0 aliphatic carbocycles. The molecule has 1 saturated heterocycles. The summed E-state index contributed by atoms with van der Waals surface area (Å²) in [7, 11) is 0. The van der Waals surface area contributed by atoms with Crippen molar-refractivity contribution in [2.75, 3.05) is 26.2 Å². The minimum atomic E-state index is 0. The monoisotopic (exact) mass is 292 g/mol. The van der Waals surface area contributed by atoms with Crippen molar-refractivity contribution < 1.29 is 4.42 Å². The van der Waals surface area contributed by atoms with Crippen molar-refractivity contribution in [3.63, 3.8) is 0 Å². The van der Waals surface area contributed by atoms with Gasteiger partial charge < -0.3 is 9.73 Å². The first-order valence-electron chi connectivity index (χ1n) is 5.99. The Kier molecular flexibility index (Phi) is 9.20. The highest BCUT2D eigenvalue weighted by Gasteiger charge is 2.21. The van der Waals surface area contributed by atoms with Gasteiger partial charge in [-0.05, 0) is 18.9 Å². The van der Waals surface area contributed by atoms with Crippen molar-refractivity contribution in [3.8, 4) is 0 Å². The summed E-state index contributed by atoms with van der Waals surface area (Å²) in [6.07, 6.45) is 7.81. The van der Waals surface area contributed by atoms with Gasteiger partial charge in [0.05, 0.1) is 12.5 Å². The van der Waals surface area contributed by atoms with Crippen LogP contribution in [0, 0.1) is 0 Å². The Morgan fingerprint density at radius 1 is 1.39 bits per heavy atom. The number of hydrogen-bond donors (Lipinski definition) is 1. The fourth-order valence-electron chi connectivity index (χ4n) is 2.29. The van der Waals surface area contributed by atoms with Crippen LogP contribution in [0.25, 0.3) is 0 Å². The molecule has 0 aromatic carbocycles. The van der Waals surface area contributed by atoms with Crippen LogP contribution in [0.15, 0.2) is 35.7 Å². The van der Waals surface area contributed by atoms with Gasteiger partial charge in [-0.1, -0.05) is 6.08 Å². The van der Waals surface area contributed by atoms with Gasteiger partial charge in [0, 0.05) is 37.8 Å². The van der Waals surface area contributed by atoms with E-state index in [1.807, 2.05) is 12.3 Å². The zero-order valence-corrected chi connectivity index (χ0v) is 12.1. The minimum absolute atomic E-state index is 0. The molecule has 2 rings (SSSR count). The van der Waals surface area contributed by atoms with Crippen LogP contribution in [-0.4, -0.2) is 31.1 Å². The first-order chi connectivity index (χ1) is 7.92. The number of halogens is 2. The predicted octanol–water partition coefficient (Wildman–Crippen LogP) is 3.04. The van der Waals surface area contributed by atoms with Gasteiger partial charge in [-0.25, -0.2) is 0 Å². The number of nitrogens with zero attached hydrogens (tertiary/aromatic N) is 1. The van der Waals surface area contributed by atoms with E-state index in [0.717, 1.165) is 39.0 Å². The SMILES string of the molecule is C=CCC[C@@H](c1ccoc1)N1CCNCC1.Cl.Cl. The average Bonchev–Trinajstić information content (AvgIpc) is 2.85. The van der Waals surface area contributed by atoms with Crippen LogP contribution in [0.4, 0.5) is 0 Å². The fourth-order valence-corrected chi connectivity index (χ4v) is 2.29. The van der Waals surface area contributed by atoms with E-state index in [1.54, 1.807) is 6.26 Å². The highest BCUT2D eigenvalue weighted by atomic mass is 35.5. The molecule has 1 aromatic rings. The zero-order valence-electron chi connectivity index (χ0n) is 10.5. The molecule has 1 fully saturated rings. The molecular formula is C13H22Cl2N2O. The standard InChI is InChI=1S/C13H20N2O.2ClH/c1-2-3-4-13(12-5-10-16-11-12)15-8-6-14-7-9-15;;/h2,5,10-11,13-14H,1,3-4,6-9H2;2*1H/t13-;;/m0../s1. The van der Waals surface area contributed by atoms with E-state index in [-0.39, 0.29) is 24.8 Å². The lowest BCUT2D eigenvalue weighted by atomic mass is 10.0. The number of rotatable bonds is 5. The molecule has 0 radical (unpaired) electrons. The zero-order chi connectivity index (χ0) is 11.2. The molecule has 1 aliphatic heterocycles. The molecule has 0 spiro atoms. The smallest absolute Gasteiger partial charge is 0.0950 e. The van der Waals surface area contributed by atoms with Crippen molar-refractivity contribution in [2.45, 2.75) is 18.9 Å². The van der Waals surface area contributed by atoms with Gasteiger partial charge >= 0.3 is 0 Å². The van der Waals surface area contributed by atoms with Crippen molar-refractivity contribution in [1.82, 2.24) is 10.2 Å². The highest BCUT2D eigenvalue weighted by molar-refractivity contribution is 5.85. The highest BCUT2D eigenvalue weighted by Crippen LogP contribution is 2.26. The number of piperazine rings is 1. The first kappa shape index (κ1) is 17.5. The van der Waals surface area contributed by atoms with E-state index < -0.39 is 0 Å². The number of hydrogen-bond acceptors (Lipinski definition) is 3. The van der Waals surface area contributed by atoms with Crippen molar-refractivity contribution in [2.24, 2.45) is 0 Å². The fraction of sp³-hybridized carbons (Fsp3) is 0.538. The number of nitrogens with one attached hydrogen (secondary N) is 1.